The summed E-state index contributed by atoms with van der Waals surface area (Å²) in [6.45, 7) is 2.56. The number of rotatable bonds is 4. The molecule has 0 spiro atoms. The summed E-state index contributed by atoms with van der Waals surface area (Å²) < 4.78 is 5.40. The summed E-state index contributed by atoms with van der Waals surface area (Å²) in [6, 6.07) is 13.3. The third-order valence-electron chi connectivity index (χ3n) is 4.21. The molecule has 3 rings (SSSR count). The van der Waals surface area contributed by atoms with Crippen LogP contribution in [0.15, 0.2) is 42.5 Å². The molecule has 128 valence electrons. The van der Waals surface area contributed by atoms with E-state index < -0.39 is 0 Å². The van der Waals surface area contributed by atoms with Crippen molar-refractivity contribution in [1.82, 2.24) is 5.32 Å². The molecule has 0 bridgehead atoms. The van der Waals surface area contributed by atoms with E-state index in [0.717, 1.165) is 30.7 Å². The van der Waals surface area contributed by atoms with Crippen molar-refractivity contribution < 1.29 is 9.53 Å². The zero-order valence-electron chi connectivity index (χ0n) is 13.7. The molecule has 0 radical (unpaired) electrons. The number of aryl methyl sites for hydroxylation is 1. The first kappa shape index (κ1) is 18.1. The minimum atomic E-state index is -0.0530. The number of carbonyl (C=O) groups is 1. The smallest absolute Gasteiger partial charge is 0.251 e. The largest absolute Gasteiger partial charge is 0.494 e. The van der Waals surface area contributed by atoms with Crippen LogP contribution in [0.3, 0.4) is 0 Å². The summed E-state index contributed by atoms with van der Waals surface area (Å²) in [5, 5.41) is 3.14. The predicted octanol–water partition coefficient (Wildman–Crippen LogP) is 3.90. The second-order valence-electron chi connectivity index (χ2n) is 5.83. The monoisotopic (exact) mass is 346 g/mol. The van der Waals surface area contributed by atoms with E-state index in [1.807, 2.05) is 37.3 Å². The molecule has 1 atom stereocenters. The third kappa shape index (κ3) is 4.01. The quantitative estimate of drug-likeness (QED) is 0.825. The van der Waals surface area contributed by atoms with Crippen LogP contribution in [0.4, 0.5) is 5.69 Å². The number of anilines is 1. The molecular weight excluding hydrogens is 324 g/mol. The topological polar surface area (TPSA) is 64.3 Å². The van der Waals surface area contributed by atoms with E-state index in [-0.39, 0.29) is 24.4 Å². The molecule has 0 fully saturated rings. The average Bonchev–Trinajstić information content (AvgIpc) is 2.55. The lowest BCUT2D eigenvalue weighted by Gasteiger charge is -2.26. The van der Waals surface area contributed by atoms with Crippen molar-refractivity contribution >= 4 is 24.0 Å². The van der Waals surface area contributed by atoms with Gasteiger partial charge in [0.2, 0.25) is 0 Å². The van der Waals surface area contributed by atoms with Crippen molar-refractivity contribution in [3.8, 4) is 5.75 Å². The first-order valence-electron chi connectivity index (χ1n) is 8.09. The summed E-state index contributed by atoms with van der Waals surface area (Å²) in [7, 11) is 0. The number of nitrogen functional groups attached to an aromatic ring is 1. The summed E-state index contributed by atoms with van der Waals surface area (Å²) in [6.07, 6.45) is 3.04. The van der Waals surface area contributed by atoms with Gasteiger partial charge in [-0.1, -0.05) is 6.07 Å². The molecule has 1 amide bonds. The van der Waals surface area contributed by atoms with E-state index in [1.165, 1.54) is 11.1 Å². The number of fused-ring (bicyclic) bond motifs is 1. The maximum atomic E-state index is 12.5. The van der Waals surface area contributed by atoms with Gasteiger partial charge in [0, 0.05) is 11.3 Å². The van der Waals surface area contributed by atoms with Gasteiger partial charge in [0.05, 0.1) is 12.6 Å². The molecule has 0 aliphatic heterocycles. The molecule has 1 aliphatic rings. The summed E-state index contributed by atoms with van der Waals surface area (Å²) >= 11 is 0. The normalized spacial score (nSPS) is 15.8. The van der Waals surface area contributed by atoms with E-state index in [0.29, 0.717) is 12.2 Å². The number of ether oxygens (including phenoxy) is 1. The third-order valence-corrected chi connectivity index (χ3v) is 4.21. The standard InChI is InChI=1S/C19H22N2O2.ClH/c1-2-23-16-9-6-13(7-10-16)19(22)21-18-5-3-4-14-12-15(20)8-11-17(14)18;/h6-12,18H,2-5,20H2,1H3,(H,21,22);1H. The summed E-state index contributed by atoms with van der Waals surface area (Å²) in [5.41, 5.74) is 9.72. The van der Waals surface area contributed by atoms with Gasteiger partial charge in [0.1, 0.15) is 5.75 Å². The Labute approximate surface area is 148 Å². The highest BCUT2D eigenvalue weighted by atomic mass is 35.5. The Morgan fingerprint density at radius 2 is 2.00 bits per heavy atom. The number of hydrogen-bond acceptors (Lipinski definition) is 3. The van der Waals surface area contributed by atoms with Crippen LogP contribution in [-0.4, -0.2) is 12.5 Å². The Hall–Kier alpha value is -2.20. The second-order valence-corrected chi connectivity index (χ2v) is 5.83. The maximum absolute atomic E-state index is 12.5. The van der Waals surface area contributed by atoms with Gasteiger partial charge in [0.15, 0.2) is 0 Å². The molecule has 2 aromatic carbocycles. The minimum absolute atomic E-state index is 0. The van der Waals surface area contributed by atoms with Crippen molar-refractivity contribution in [3.05, 3.63) is 59.2 Å². The molecule has 0 aromatic heterocycles. The molecule has 1 aliphatic carbocycles. The number of hydrogen-bond donors (Lipinski definition) is 2. The number of amides is 1. The highest BCUT2D eigenvalue weighted by molar-refractivity contribution is 5.94. The van der Waals surface area contributed by atoms with E-state index in [4.69, 9.17) is 10.5 Å². The van der Waals surface area contributed by atoms with Crippen molar-refractivity contribution in [3.63, 3.8) is 0 Å². The number of nitrogens with one attached hydrogen (secondary N) is 1. The van der Waals surface area contributed by atoms with Crippen LogP contribution in [0.25, 0.3) is 0 Å². The van der Waals surface area contributed by atoms with Crippen molar-refractivity contribution in [2.45, 2.75) is 32.2 Å². The zero-order valence-corrected chi connectivity index (χ0v) is 14.6. The fraction of sp³-hybridized carbons (Fsp3) is 0.316. The van der Waals surface area contributed by atoms with Crippen molar-refractivity contribution in [2.75, 3.05) is 12.3 Å². The molecule has 4 nitrogen and oxygen atoms in total. The van der Waals surface area contributed by atoms with Crippen molar-refractivity contribution in [2.24, 2.45) is 0 Å². The Kier molecular flexibility index (Phi) is 6.10. The average molecular weight is 347 g/mol. The van der Waals surface area contributed by atoms with E-state index in [1.54, 1.807) is 12.1 Å². The van der Waals surface area contributed by atoms with Gasteiger partial charge in [0.25, 0.3) is 5.91 Å². The predicted molar refractivity (Wildman–Crippen MR) is 98.9 cm³/mol. The van der Waals surface area contributed by atoms with Crippen LogP contribution >= 0.6 is 12.4 Å². The maximum Gasteiger partial charge on any atom is 0.251 e. The van der Waals surface area contributed by atoms with Gasteiger partial charge < -0.3 is 15.8 Å². The van der Waals surface area contributed by atoms with Crippen LogP contribution in [0.2, 0.25) is 0 Å². The second kappa shape index (κ2) is 8.06. The Bertz CT molecular complexity index is 701. The van der Waals surface area contributed by atoms with Gasteiger partial charge >= 0.3 is 0 Å². The van der Waals surface area contributed by atoms with Crippen molar-refractivity contribution in [1.29, 1.82) is 0 Å². The first-order chi connectivity index (χ1) is 11.2. The van der Waals surface area contributed by atoms with E-state index in [9.17, 15) is 4.79 Å². The van der Waals surface area contributed by atoms with Crippen LogP contribution in [0.1, 0.15) is 47.3 Å². The first-order valence-corrected chi connectivity index (χ1v) is 8.09. The van der Waals surface area contributed by atoms with Gasteiger partial charge in [-0.25, -0.2) is 0 Å². The fourth-order valence-corrected chi connectivity index (χ4v) is 3.09. The fourth-order valence-electron chi connectivity index (χ4n) is 3.09. The number of halogens is 1. The van der Waals surface area contributed by atoms with Crippen LogP contribution < -0.4 is 15.8 Å². The summed E-state index contributed by atoms with van der Waals surface area (Å²) in [5.74, 6) is 0.727. The lowest BCUT2D eigenvalue weighted by Crippen LogP contribution is -2.31. The zero-order chi connectivity index (χ0) is 16.2. The Balaban J connectivity index is 0.00000208. The van der Waals surface area contributed by atoms with Gasteiger partial charge in [-0.2, -0.15) is 0 Å². The Morgan fingerprint density at radius 3 is 2.71 bits per heavy atom. The highest BCUT2D eigenvalue weighted by Gasteiger charge is 2.22. The molecular formula is C19H23ClN2O2. The molecule has 2 aromatic rings. The lowest BCUT2D eigenvalue weighted by atomic mass is 9.87. The molecule has 24 heavy (non-hydrogen) atoms. The van der Waals surface area contributed by atoms with Crippen LogP contribution in [-0.2, 0) is 6.42 Å². The Morgan fingerprint density at radius 1 is 1.25 bits per heavy atom. The van der Waals surface area contributed by atoms with E-state index in [2.05, 4.69) is 5.32 Å². The number of nitrogens with two attached hydrogens (primary N) is 1. The molecule has 1 unspecified atom stereocenters. The SMILES string of the molecule is CCOc1ccc(C(=O)NC2CCCc3cc(N)ccc32)cc1.Cl. The lowest BCUT2D eigenvalue weighted by molar-refractivity contribution is 0.0932. The van der Waals surface area contributed by atoms with Gasteiger partial charge in [-0.05, 0) is 73.7 Å². The molecule has 0 saturated carbocycles. The number of carbonyl (C=O) groups excluding carboxylic acids is 1. The highest BCUT2D eigenvalue weighted by Crippen LogP contribution is 2.31. The number of benzene rings is 2. The molecule has 3 N–H and O–H groups in total. The van der Waals surface area contributed by atoms with E-state index >= 15 is 0 Å². The van der Waals surface area contributed by atoms with Crippen LogP contribution in [0.5, 0.6) is 5.75 Å². The van der Waals surface area contributed by atoms with Gasteiger partial charge in [-0.15, -0.1) is 12.4 Å². The summed E-state index contributed by atoms with van der Waals surface area (Å²) in [4.78, 5) is 12.5. The molecule has 5 heteroatoms. The molecule has 0 heterocycles. The van der Waals surface area contributed by atoms with Crippen LogP contribution in [0, 0.1) is 0 Å². The minimum Gasteiger partial charge on any atom is -0.494 e. The van der Waals surface area contributed by atoms with Gasteiger partial charge in [-0.3, -0.25) is 4.79 Å². The molecule has 0 saturated heterocycles.